The Labute approximate surface area is 219 Å². The summed E-state index contributed by atoms with van der Waals surface area (Å²) in [5, 5.41) is 0.0685. The molecule has 4 aromatic rings. The van der Waals surface area contributed by atoms with E-state index in [1.807, 2.05) is 20.8 Å². The molecule has 0 aliphatic carbocycles. The number of methoxy groups -OCH3 is 1. The van der Waals surface area contributed by atoms with Gasteiger partial charge in [-0.2, -0.15) is 0 Å². The molecular formula is C30H28FNO6. The number of halogens is 1. The highest BCUT2D eigenvalue weighted by Gasteiger charge is 2.44. The molecule has 1 aliphatic heterocycles. The molecule has 0 radical (unpaired) electrons. The molecule has 196 valence electrons. The summed E-state index contributed by atoms with van der Waals surface area (Å²) in [6, 6.07) is 15.2. The number of anilines is 1. The monoisotopic (exact) mass is 517 g/mol. The predicted molar refractivity (Wildman–Crippen MR) is 142 cm³/mol. The molecule has 7 nitrogen and oxygen atoms in total. The number of hydrogen-bond acceptors (Lipinski definition) is 6. The fourth-order valence-electron chi connectivity index (χ4n) is 4.63. The molecule has 0 N–H and O–H groups in total. The molecule has 1 aromatic heterocycles. The van der Waals surface area contributed by atoms with Crippen molar-refractivity contribution in [3.63, 3.8) is 0 Å². The van der Waals surface area contributed by atoms with Gasteiger partial charge in [0, 0.05) is 5.69 Å². The Balaban J connectivity index is 1.70. The second-order valence-corrected chi connectivity index (χ2v) is 9.43. The van der Waals surface area contributed by atoms with E-state index >= 15 is 0 Å². The van der Waals surface area contributed by atoms with Crippen molar-refractivity contribution in [1.29, 1.82) is 0 Å². The first kappa shape index (κ1) is 25.3. The van der Waals surface area contributed by atoms with Gasteiger partial charge in [-0.1, -0.05) is 19.9 Å². The number of hydrogen-bond donors (Lipinski definition) is 0. The minimum absolute atomic E-state index is 0.0685. The molecule has 0 spiro atoms. The zero-order chi connectivity index (χ0) is 27.0. The quantitative estimate of drug-likeness (QED) is 0.280. The van der Waals surface area contributed by atoms with E-state index in [9.17, 15) is 14.0 Å². The topological polar surface area (TPSA) is 78.2 Å². The number of carbonyl (C=O) groups is 1. The Kier molecular flexibility index (Phi) is 6.80. The molecule has 8 heteroatoms. The summed E-state index contributed by atoms with van der Waals surface area (Å²) in [5.41, 5.74) is 0.976. The number of carbonyl (C=O) groups excluding carboxylic acids is 1. The Bertz CT molecular complexity index is 1560. The number of amides is 1. The van der Waals surface area contributed by atoms with E-state index in [1.54, 1.807) is 42.5 Å². The first-order valence-electron chi connectivity index (χ1n) is 12.5. The molecule has 5 rings (SSSR count). The van der Waals surface area contributed by atoms with Gasteiger partial charge in [-0.05, 0) is 73.0 Å². The lowest BCUT2D eigenvalue weighted by Crippen LogP contribution is -2.29. The minimum atomic E-state index is -0.840. The summed E-state index contributed by atoms with van der Waals surface area (Å²) in [5.74, 6) is 0.862. The second-order valence-electron chi connectivity index (χ2n) is 9.43. The average Bonchev–Trinajstić information content (AvgIpc) is 3.20. The number of rotatable bonds is 8. The van der Waals surface area contributed by atoms with Gasteiger partial charge in [0.15, 0.2) is 16.9 Å². The molecule has 0 saturated carbocycles. The van der Waals surface area contributed by atoms with Gasteiger partial charge in [0.2, 0.25) is 5.76 Å². The van der Waals surface area contributed by atoms with Crippen molar-refractivity contribution in [2.75, 3.05) is 25.2 Å². The van der Waals surface area contributed by atoms with Crippen molar-refractivity contribution < 1.29 is 27.8 Å². The molecule has 2 heterocycles. The van der Waals surface area contributed by atoms with Crippen molar-refractivity contribution in [1.82, 2.24) is 0 Å². The SMILES string of the molecule is CCOc1ccc(N2C(=O)c3oc4ccc(F)cc4c(=O)c3C2c2ccc(OCC(C)C)c(OC)c2)cc1. The lowest BCUT2D eigenvalue weighted by molar-refractivity contribution is 0.0971. The van der Waals surface area contributed by atoms with E-state index in [1.165, 1.54) is 24.1 Å². The van der Waals surface area contributed by atoms with Crippen LogP contribution in [0.5, 0.6) is 17.2 Å². The third kappa shape index (κ3) is 4.47. The minimum Gasteiger partial charge on any atom is -0.494 e. The van der Waals surface area contributed by atoms with Crippen LogP contribution in [0.3, 0.4) is 0 Å². The molecule has 3 aromatic carbocycles. The van der Waals surface area contributed by atoms with Crippen molar-refractivity contribution in [3.05, 3.63) is 93.6 Å². The maximum Gasteiger partial charge on any atom is 0.295 e. The van der Waals surface area contributed by atoms with Crippen molar-refractivity contribution >= 4 is 22.6 Å². The first-order chi connectivity index (χ1) is 18.3. The number of ether oxygens (including phenoxy) is 3. The Morgan fingerprint density at radius 1 is 0.974 bits per heavy atom. The zero-order valence-corrected chi connectivity index (χ0v) is 21.6. The number of benzene rings is 3. The highest BCUT2D eigenvalue weighted by atomic mass is 19.1. The van der Waals surface area contributed by atoms with E-state index in [0.29, 0.717) is 47.6 Å². The maximum absolute atomic E-state index is 14.1. The Morgan fingerprint density at radius 3 is 2.42 bits per heavy atom. The molecule has 1 amide bonds. The van der Waals surface area contributed by atoms with Crippen LogP contribution in [0.1, 0.15) is 48.5 Å². The van der Waals surface area contributed by atoms with Crippen LogP contribution in [0.2, 0.25) is 0 Å². The zero-order valence-electron chi connectivity index (χ0n) is 21.6. The van der Waals surface area contributed by atoms with Gasteiger partial charge in [0.25, 0.3) is 5.91 Å². The number of nitrogens with zero attached hydrogens (tertiary/aromatic N) is 1. The van der Waals surface area contributed by atoms with Crippen LogP contribution in [-0.2, 0) is 0 Å². The van der Waals surface area contributed by atoms with Crippen LogP contribution in [-0.4, -0.2) is 26.2 Å². The molecule has 0 fully saturated rings. The third-order valence-electron chi connectivity index (χ3n) is 6.33. The largest absolute Gasteiger partial charge is 0.494 e. The van der Waals surface area contributed by atoms with E-state index in [4.69, 9.17) is 18.6 Å². The summed E-state index contributed by atoms with van der Waals surface area (Å²) in [7, 11) is 1.53. The summed E-state index contributed by atoms with van der Waals surface area (Å²) < 4.78 is 37.1. The van der Waals surface area contributed by atoms with Gasteiger partial charge < -0.3 is 18.6 Å². The summed E-state index contributed by atoms with van der Waals surface area (Å²) in [6.07, 6.45) is 0. The van der Waals surface area contributed by atoms with Gasteiger partial charge in [0.05, 0.1) is 37.3 Å². The molecule has 1 unspecified atom stereocenters. The van der Waals surface area contributed by atoms with Gasteiger partial charge in [-0.15, -0.1) is 0 Å². The summed E-state index contributed by atoms with van der Waals surface area (Å²) >= 11 is 0. The van der Waals surface area contributed by atoms with Crippen LogP contribution in [0.4, 0.5) is 10.1 Å². The van der Waals surface area contributed by atoms with Crippen LogP contribution in [0.25, 0.3) is 11.0 Å². The smallest absolute Gasteiger partial charge is 0.295 e. The van der Waals surface area contributed by atoms with E-state index in [0.717, 1.165) is 6.07 Å². The maximum atomic E-state index is 14.1. The first-order valence-corrected chi connectivity index (χ1v) is 12.5. The average molecular weight is 518 g/mol. The second kappa shape index (κ2) is 10.2. The fourth-order valence-corrected chi connectivity index (χ4v) is 4.63. The molecule has 1 aliphatic rings. The van der Waals surface area contributed by atoms with Crippen molar-refractivity contribution in [3.8, 4) is 17.2 Å². The Morgan fingerprint density at radius 2 is 1.74 bits per heavy atom. The third-order valence-corrected chi connectivity index (χ3v) is 6.33. The molecule has 38 heavy (non-hydrogen) atoms. The van der Waals surface area contributed by atoms with Gasteiger partial charge in [-0.25, -0.2) is 4.39 Å². The molecule has 0 bridgehead atoms. The normalized spacial score (nSPS) is 14.7. The summed E-state index contributed by atoms with van der Waals surface area (Å²) in [4.78, 5) is 29.0. The molecular weight excluding hydrogens is 489 g/mol. The lowest BCUT2D eigenvalue weighted by atomic mass is 9.97. The van der Waals surface area contributed by atoms with Gasteiger partial charge in [-0.3, -0.25) is 14.5 Å². The van der Waals surface area contributed by atoms with Crippen molar-refractivity contribution in [2.24, 2.45) is 5.92 Å². The van der Waals surface area contributed by atoms with Crippen molar-refractivity contribution in [2.45, 2.75) is 26.8 Å². The summed E-state index contributed by atoms with van der Waals surface area (Å²) in [6.45, 7) is 6.98. The van der Waals surface area contributed by atoms with Crippen LogP contribution in [0.15, 0.2) is 69.9 Å². The van der Waals surface area contributed by atoms with Gasteiger partial charge >= 0.3 is 0 Å². The van der Waals surface area contributed by atoms with Gasteiger partial charge in [0.1, 0.15) is 17.1 Å². The van der Waals surface area contributed by atoms with Crippen LogP contribution < -0.4 is 24.5 Å². The predicted octanol–water partition coefficient (Wildman–Crippen LogP) is 6.12. The standard InChI is InChI=1S/C30H28FNO6/c1-5-36-21-10-8-20(9-11-21)32-27(18-6-12-24(25(14-18)35-4)37-16-17(2)3)26-28(33)22-15-19(31)7-13-23(22)38-29(26)30(32)34/h6-15,17,27H,5,16H2,1-4H3. The van der Waals surface area contributed by atoms with Crippen LogP contribution >= 0.6 is 0 Å². The fraction of sp³-hybridized carbons (Fsp3) is 0.267. The van der Waals surface area contributed by atoms with Crippen LogP contribution in [0, 0.1) is 11.7 Å². The highest BCUT2D eigenvalue weighted by Crippen LogP contribution is 2.43. The molecule has 1 atom stereocenters. The molecule has 0 saturated heterocycles. The highest BCUT2D eigenvalue weighted by molar-refractivity contribution is 6.10. The number of fused-ring (bicyclic) bond motifs is 2. The van der Waals surface area contributed by atoms with E-state index in [2.05, 4.69) is 0 Å². The van der Waals surface area contributed by atoms with E-state index in [-0.39, 0.29) is 22.3 Å². The Hall–Kier alpha value is -4.33. The lowest BCUT2D eigenvalue weighted by Gasteiger charge is -2.26. The van der Waals surface area contributed by atoms with E-state index < -0.39 is 23.2 Å².